The SMILES string of the molecule is CC(Oc1ccc(Br)cc1)C(=O)NNC(=O)C1CC1. The number of ether oxygens (including phenoxy) is 1. The molecule has 102 valence electrons. The smallest absolute Gasteiger partial charge is 0.279 e. The highest BCUT2D eigenvalue weighted by Crippen LogP contribution is 2.28. The second kappa shape index (κ2) is 6.06. The highest BCUT2D eigenvalue weighted by atomic mass is 79.9. The number of nitrogens with one attached hydrogen (secondary N) is 2. The zero-order valence-electron chi connectivity index (χ0n) is 10.5. The molecule has 0 heterocycles. The van der Waals surface area contributed by atoms with Crippen molar-refractivity contribution in [1.82, 2.24) is 10.9 Å². The lowest BCUT2D eigenvalue weighted by molar-refractivity contribution is -0.133. The van der Waals surface area contributed by atoms with E-state index in [4.69, 9.17) is 4.74 Å². The monoisotopic (exact) mass is 326 g/mol. The van der Waals surface area contributed by atoms with E-state index in [-0.39, 0.29) is 17.7 Å². The molecule has 0 aromatic heterocycles. The molecule has 0 spiro atoms. The van der Waals surface area contributed by atoms with E-state index < -0.39 is 6.10 Å². The first kappa shape index (κ1) is 13.9. The molecule has 1 atom stereocenters. The molecule has 1 aromatic carbocycles. The van der Waals surface area contributed by atoms with Crippen molar-refractivity contribution in [1.29, 1.82) is 0 Å². The predicted molar refractivity (Wildman–Crippen MR) is 73.2 cm³/mol. The van der Waals surface area contributed by atoms with Gasteiger partial charge in [-0.25, -0.2) is 0 Å². The summed E-state index contributed by atoms with van der Waals surface area (Å²) in [5, 5.41) is 0. The minimum absolute atomic E-state index is 0.0583. The Kier molecular flexibility index (Phi) is 4.42. The van der Waals surface area contributed by atoms with Crippen molar-refractivity contribution in [3.8, 4) is 5.75 Å². The van der Waals surface area contributed by atoms with Crippen LogP contribution in [0.25, 0.3) is 0 Å². The maximum Gasteiger partial charge on any atom is 0.279 e. The van der Waals surface area contributed by atoms with Gasteiger partial charge in [-0.3, -0.25) is 20.4 Å². The second-order valence-electron chi connectivity index (χ2n) is 4.47. The quantitative estimate of drug-likeness (QED) is 0.829. The van der Waals surface area contributed by atoms with Gasteiger partial charge < -0.3 is 4.74 Å². The standard InChI is InChI=1S/C13H15BrN2O3/c1-8(19-11-6-4-10(14)5-7-11)12(17)15-16-13(18)9-2-3-9/h4-9H,2-3H2,1H3,(H,15,17)(H,16,18). The Balaban J connectivity index is 1.78. The van der Waals surface area contributed by atoms with Crippen molar-refractivity contribution in [2.24, 2.45) is 5.92 Å². The second-order valence-corrected chi connectivity index (χ2v) is 5.38. The van der Waals surface area contributed by atoms with Crippen molar-refractivity contribution in [2.75, 3.05) is 0 Å². The van der Waals surface area contributed by atoms with Crippen LogP contribution in [0.3, 0.4) is 0 Å². The number of carbonyl (C=O) groups excluding carboxylic acids is 2. The van der Waals surface area contributed by atoms with E-state index in [2.05, 4.69) is 26.8 Å². The summed E-state index contributed by atoms with van der Waals surface area (Å²) >= 11 is 3.32. The minimum atomic E-state index is -0.680. The number of carbonyl (C=O) groups is 2. The minimum Gasteiger partial charge on any atom is -0.481 e. The summed E-state index contributed by atoms with van der Waals surface area (Å²) in [5.74, 6) is 0.142. The van der Waals surface area contributed by atoms with Crippen molar-refractivity contribution in [3.05, 3.63) is 28.7 Å². The van der Waals surface area contributed by atoms with Crippen molar-refractivity contribution < 1.29 is 14.3 Å². The van der Waals surface area contributed by atoms with Gasteiger partial charge in [-0.05, 0) is 44.0 Å². The maximum absolute atomic E-state index is 11.7. The molecule has 1 aliphatic carbocycles. The van der Waals surface area contributed by atoms with Gasteiger partial charge in [0.2, 0.25) is 5.91 Å². The van der Waals surface area contributed by atoms with Gasteiger partial charge in [-0.15, -0.1) is 0 Å². The Morgan fingerprint density at radius 2 is 1.89 bits per heavy atom. The molecule has 19 heavy (non-hydrogen) atoms. The molecule has 1 aromatic rings. The summed E-state index contributed by atoms with van der Waals surface area (Å²) in [6.45, 7) is 1.63. The van der Waals surface area contributed by atoms with Crippen molar-refractivity contribution >= 4 is 27.7 Å². The van der Waals surface area contributed by atoms with E-state index in [9.17, 15) is 9.59 Å². The maximum atomic E-state index is 11.7. The highest BCUT2D eigenvalue weighted by Gasteiger charge is 2.30. The molecule has 0 radical (unpaired) electrons. The van der Waals surface area contributed by atoms with Crippen LogP contribution in [-0.4, -0.2) is 17.9 Å². The lowest BCUT2D eigenvalue weighted by atomic mass is 10.3. The van der Waals surface area contributed by atoms with Crippen LogP contribution >= 0.6 is 15.9 Å². The fourth-order valence-electron chi connectivity index (χ4n) is 1.44. The van der Waals surface area contributed by atoms with Crippen molar-refractivity contribution in [3.63, 3.8) is 0 Å². The first-order chi connectivity index (χ1) is 9.06. The third kappa shape index (κ3) is 4.24. The van der Waals surface area contributed by atoms with Crippen LogP contribution in [0.5, 0.6) is 5.75 Å². The Hall–Kier alpha value is -1.56. The topological polar surface area (TPSA) is 67.4 Å². The number of halogens is 1. The number of hydrogen-bond donors (Lipinski definition) is 2. The molecule has 0 saturated heterocycles. The van der Waals surface area contributed by atoms with Gasteiger partial charge in [-0.2, -0.15) is 0 Å². The summed E-state index contributed by atoms with van der Waals surface area (Å²) < 4.78 is 6.39. The molecule has 1 unspecified atom stereocenters. The van der Waals surface area contributed by atoms with E-state index in [1.807, 2.05) is 12.1 Å². The first-order valence-electron chi connectivity index (χ1n) is 6.08. The van der Waals surface area contributed by atoms with Gasteiger partial charge in [0.15, 0.2) is 6.10 Å². The summed E-state index contributed by atoms with van der Waals surface area (Å²) in [7, 11) is 0. The van der Waals surface area contributed by atoms with E-state index in [0.717, 1.165) is 17.3 Å². The average Bonchev–Trinajstić information content (AvgIpc) is 3.22. The predicted octanol–water partition coefficient (Wildman–Crippen LogP) is 1.77. The van der Waals surface area contributed by atoms with Gasteiger partial charge in [-0.1, -0.05) is 15.9 Å². The van der Waals surface area contributed by atoms with Crippen LogP contribution in [-0.2, 0) is 9.59 Å². The molecule has 0 bridgehead atoms. The van der Waals surface area contributed by atoms with E-state index >= 15 is 0 Å². The molecule has 6 heteroatoms. The molecule has 2 N–H and O–H groups in total. The molecule has 1 saturated carbocycles. The Bertz CT molecular complexity index is 471. The molecule has 2 rings (SSSR count). The number of amides is 2. The number of hydrazine groups is 1. The van der Waals surface area contributed by atoms with E-state index in [0.29, 0.717) is 5.75 Å². The zero-order chi connectivity index (χ0) is 13.8. The zero-order valence-corrected chi connectivity index (χ0v) is 12.1. The first-order valence-corrected chi connectivity index (χ1v) is 6.87. The summed E-state index contributed by atoms with van der Waals surface area (Å²) in [6.07, 6.45) is 1.11. The lowest BCUT2D eigenvalue weighted by Gasteiger charge is -2.15. The largest absolute Gasteiger partial charge is 0.481 e. The Labute approximate surface area is 119 Å². The van der Waals surface area contributed by atoms with Gasteiger partial charge in [0.25, 0.3) is 5.91 Å². The summed E-state index contributed by atoms with van der Waals surface area (Å²) in [5.41, 5.74) is 4.76. The fourth-order valence-corrected chi connectivity index (χ4v) is 1.71. The molecule has 5 nitrogen and oxygen atoms in total. The summed E-state index contributed by atoms with van der Waals surface area (Å²) in [4.78, 5) is 23.1. The lowest BCUT2D eigenvalue weighted by Crippen LogP contribution is -2.47. The molecule has 0 aliphatic heterocycles. The molecule has 1 fully saturated rings. The molecule has 2 amide bonds. The Morgan fingerprint density at radius 3 is 2.47 bits per heavy atom. The van der Waals surface area contributed by atoms with Gasteiger partial charge in [0, 0.05) is 10.4 Å². The Morgan fingerprint density at radius 1 is 1.26 bits per heavy atom. The molecule has 1 aliphatic rings. The highest BCUT2D eigenvalue weighted by molar-refractivity contribution is 9.10. The summed E-state index contributed by atoms with van der Waals surface area (Å²) in [6, 6.07) is 7.18. The van der Waals surface area contributed by atoms with Crippen LogP contribution < -0.4 is 15.6 Å². The molecular formula is C13H15BrN2O3. The average molecular weight is 327 g/mol. The fraction of sp³-hybridized carbons (Fsp3) is 0.385. The third-order valence-corrected chi connectivity index (χ3v) is 3.28. The number of rotatable bonds is 4. The van der Waals surface area contributed by atoms with Crippen LogP contribution in [0.4, 0.5) is 0 Å². The van der Waals surface area contributed by atoms with Crippen LogP contribution in [0, 0.1) is 5.92 Å². The van der Waals surface area contributed by atoms with E-state index in [1.165, 1.54) is 0 Å². The van der Waals surface area contributed by atoms with Gasteiger partial charge >= 0.3 is 0 Å². The van der Waals surface area contributed by atoms with Gasteiger partial charge in [0.1, 0.15) is 5.75 Å². The normalized spacial score (nSPS) is 15.5. The molecular weight excluding hydrogens is 312 g/mol. The van der Waals surface area contributed by atoms with E-state index in [1.54, 1.807) is 19.1 Å². The number of hydrogen-bond acceptors (Lipinski definition) is 3. The van der Waals surface area contributed by atoms with Crippen LogP contribution in [0.1, 0.15) is 19.8 Å². The van der Waals surface area contributed by atoms with Crippen molar-refractivity contribution in [2.45, 2.75) is 25.9 Å². The van der Waals surface area contributed by atoms with Crippen LogP contribution in [0.15, 0.2) is 28.7 Å². The number of benzene rings is 1. The third-order valence-electron chi connectivity index (χ3n) is 2.75. The van der Waals surface area contributed by atoms with Gasteiger partial charge in [0.05, 0.1) is 0 Å². The van der Waals surface area contributed by atoms with Crippen LogP contribution in [0.2, 0.25) is 0 Å².